The first-order valence-electron chi connectivity index (χ1n) is 7.57. The van der Waals surface area contributed by atoms with Crippen LogP contribution in [-0.4, -0.2) is 14.7 Å². The van der Waals surface area contributed by atoms with Gasteiger partial charge >= 0.3 is 5.92 Å². The second-order valence-corrected chi connectivity index (χ2v) is 7.01. The number of nitrogens with zero attached hydrogens (tertiary/aromatic N) is 3. The van der Waals surface area contributed by atoms with E-state index in [0.29, 0.717) is 12.0 Å². The summed E-state index contributed by atoms with van der Waals surface area (Å²) < 4.78 is 32.4. The lowest BCUT2D eigenvalue weighted by atomic mass is 9.76. The maximum absolute atomic E-state index is 13.2. The Hall–Kier alpha value is -2.05. The third-order valence-electron chi connectivity index (χ3n) is 4.24. The summed E-state index contributed by atoms with van der Waals surface area (Å²) in [6, 6.07) is 1.18. The van der Waals surface area contributed by atoms with Crippen molar-refractivity contribution in [2.45, 2.75) is 52.5 Å². The summed E-state index contributed by atoms with van der Waals surface area (Å²) in [4.78, 5) is 17.0. The van der Waals surface area contributed by atoms with Crippen LogP contribution in [-0.2, 0) is 25.3 Å². The van der Waals surface area contributed by atoms with Crippen LogP contribution in [0.5, 0.6) is 0 Å². The molecule has 1 aliphatic rings. The van der Waals surface area contributed by atoms with Crippen molar-refractivity contribution < 1.29 is 13.3 Å². The van der Waals surface area contributed by atoms with Crippen molar-refractivity contribution in [2.24, 2.45) is 5.41 Å². The number of aromatic nitrogens is 3. The quantitative estimate of drug-likeness (QED) is 0.871. The highest BCUT2D eigenvalue weighted by atomic mass is 19.3. The van der Waals surface area contributed by atoms with Crippen molar-refractivity contribution in [2.75, 3.05) is 0 Å². The van der Waals surface area contributed by atoms with Gasteiger partial charge in [-0.05, 0) is 24.7 Å². The van der Waals surface area contributed by atoms with E-state index >= 15 is 0 Å². The maximum Gasteiger partial charge on any atom is 0.304 e. The number of hydrogen-bond donors (Lipinski definition) is 0. The van der Waals surface area contributed by atoms with E-state index in [2.05, 4.69) is 28.5 Å². The van der Waals surface area contributed by atoms with Gasteiger partial charge in [0, 0.05) is 18.6 Å². The predicted molar refractivity (Wildman–Crippen MR) is 79.5 cm³/mol. The molecule has 23 heavy (non-hydrogen) atoms. The summed E-state index contributed by atoms with van der Waals surface area (Å²) in [7, 11) is 0. The minimum Gasteiger partial charge on any atom is -0.355 e. The lowest BCUT2D eigenvalue weighted by molar-refractivity contribution is -0.0105. The Bertz CT molecular complexity index is 787. The van der Waals surface area contributed by atoms with Gasteiger partial charge in [0.1, 0.15) is 5.69 Å². The number of halogens is 2. The normalized spacial score (nSPS) is 17.1. The summed E-state index contributed by atoms with van der Waals surface area (Å²) in [5.41, 5.74) is 1.77. The molecule has 0 N–H and O–H groups in total. The van der Waals surface area contributed by atoms with Crippen LogP contribution < -0.4 is 5.56 Å². The summed E-state index contributed by atoms with van der Waals surface area (Å²) in [6.45, 7) is 5.06. The summed E-state index contributed by atoms with van der Waals surface area (Å²) in [5, 5.41) is 3.62. The zero-order valence-electron chi connectivity index (χ0n) is 13.4. The maximum atomic E-state index is 13.2. The molecule has 124 valence electrons. The molecule has 0 radical (unpaired) electrons. The lowest BCUT2D eigenvalue weighted by Gasteiger charge is -2.30. The molecule has 0 fully saturated rings. The molecule has 0 aliphatic heterocycles. The van der Waals surface area contributed by atoms with Crippen LogP contribution >= 0.6 is 0 Å². The molecule has 1 aliphatic carbocycles. The summed E-state index contributed by atoms with van der Waals surface area (Å²) >= 11 is 0. The molecule has 0 unspecified atom stereocenters. The van der Waals surface area contributed by atoms with Gasteiger partial charge in [0.15, 0.2) is 0 Å². The number of alkyl halides is 2. The highest BCUT2D eigenvalue weighted by Gasteiger charge is 2.31. The molecule has 0 amide bonds. The Morgan fingerprint density at radius 1 is 1.43 bits per heavy atom. The topological polar surface area (TPSA) is 60.9 Å². The molecular formula is C16H19F2N3O2. The molecule has 3 rings (SSSR count). The first-order valence-corrected chi connectivity index (χ1v) is 7.57. The minimum atomic E-state index is -3.09. The van der Waals surface area contributed by atoms with Crippen LogP contribution in [0, 0.1) is 5.41 Å². The van der Waals surface area contributed by atoms with Crippen LogP contribution in [0.2, 0.25) is 0 Å². The van der Waals surface area contributed by atoms with Crippen molar-refractivity contribution in [1.29, 1.82) is 0 Å². The number of fused-ring (bicyclic) bond motifs is 1. The molecule has 5 nitrogen and oxygen atoms in total. The highest BCUT2D eigenvalue weighted by Crippen LogP contribution is 2.32. The Kier molecular flexibility index (Phi) is 3.61. The SMILES string of the molecule is CC1(C)CCc2ncn(Cc3cc(C(C)(F)F)on3)c(=O)c2C1. The van der Waals surface area contributed by atoms with Gasteiger partial charge in [-0.2, -0.15) is 8.78 Å². The highest BCUT2D eigenvalue weighted by molar-refractivity contribution is 5.22. The van der Waals surface area contributed by atoms with E-state index in [1.807, 2.05) is 0 Å². The number of rotatable bonds is 3. The number of hydrogen-bond acceptors (Lipinski definition) is 4. The predicted octanol–water partition coefficient (Wildman–Crippen LogP) is 2.91. The van der Waals surface area contributed by atoms with Gasteiger partial charge in [-0.3, -0.25) is 9.36 Å². The zero-order valence-corrected chi connectivity index (χ0v) is 13.4. The fourth-order valence-corrected chi connectivity index (χ4v) is 2.86. The van der Waals surface area contributed by atoms with Crippen molar-refractivity contribution in [3.8, 4) is 0 Å². The summed E-state index contributed by atoms with van der Waals surface area (Å²) in [5.74, 6) is -3.60. The van der Waals surface area contributed by atoms with Crippen LogP contribution in [0.25, 0.3) is 0 Å². The van der Waals surface area contributed by atoms with Crippen LogP contribution in [0.1, 0.15) is 49.9 Å². The summed E-state index contributed by atoms with van der Waals surface area (Å²) in [6.07, 6.45) is 3.91. The first kappa shape index (κ1) is 15.8. The minimum absolute atomic E-state index is 0.0678. The van der Waals surface area contributed by atoms with E-state index in [9.17, 15) is 13.6 Å². The van der Waals surface area contributed by atoms with E-state index in [1.54, 1.807) is 0 Å². The van der Waals surface area contributed by atoms with Gasteiger partial charge < -0.3 is 4.52 Å². The Labute approximate surface area is 132 Å². The average Bonchev–Trinajstić information content (AvgIpc) is 2.90. The van der Waals surface area contributed by atoms with E-state index in [4.69, 9.17) is 0 Å². The molecule has 0 saturated heterocycles. The van der Waals surface area contributed by atoms with Gasteiger partial charge in [-0.15, -0.1) is 0 Å². The van der Waals surface area contributed by atoms with E-state index in [0.717, 1.165) is 25.5 Å². The third kappa shape index (κ3) is 3.18. The van der Waals surface area contributed by atoms with Crippen LogP contribution in [0.15, 0.2) is 21.7 Å². The molecule has 0 saturated carbocycles. The fraction of sp³-hybridized carbons (Fsp3) is 0.562. The van der Waals surface area contributed by atoms with Gasteiger partial charge in [0.05, 0.1) is 18.6 Å². The average molecular weight is 323 g/mol. The molecular weight excluding hydrogens is 304 g/mol. The molecule has 2 aromatic heterocycles. The van der Waals surface area contributed by atoms with Gasteiger partial charge in [0.2, 0.25) is 5.76 Å². The van der Waals surface area contributed by atoms with Crippen molar-refractivity contribution in [1.82, 2.24) is 14.7 Å². The standard InChI is InChI=1S/C16H19F2N3O2/c1-15(2)5-4-12-11(7-15)14(22)21(9-19-12)8-10-6-13(23-20-10)16(3,17)18/h6,9H,4-5,7-8H2,1-3H3. The van der Waals surface area contributed by atoms with Crippen molar-refractivity contribution >= 4 is 0 Å². The van der Waals surface area contributed by atoms with E-state index in [1.165, 1.54) is 17.0 Å². The van der Waals surface area contributed by atoms with Crippen LogP contribution in [0.4, 0.5) is 8.78 Å². The van der Waals surface area contributed by atoms with Crippen molar-refractivity contribution in [3.63, 3.8) is 0 Å². The Balaban J connectivity index is 1.90. The van der Waals surface area contributed by atoms with Crippen LogP contribution in [0.3, 0.4) is 0 Å². The number of aryl methyl sites for hydroxylation is 1. The Morgan fingerprint density at radius 3 is 2.83 bits per heavy atom. The van der Waals surface area contributed by atoms with Gasteiger partial charge in [-0.25, -0.2) is 4.98 Å². The molecule has 2 aromatic rings. The smallest absolute Gasteiger partial charge is 0.304 e. The largest absolute Gasteiger partial charge is 0.355 e. The monoisotopic (exact) mass is 323 g/mol. The van der Waals surface area contributed by atoms with E-state index in [-0.39, 0.29) is 23.2 Å². The molecule has 2 heterocycles. The fourth-order valence-electron chi connectivity index (χ4n) is 2.86. The van der Waals surface area contributed by atoms with Gasteiger partial charge in [0.25, 0.3) is 5.56 Å². The zero-order chi connectivity index (χ0) is 16.8. The molecule has 0 bridgehead atoms. The Morgan fingerprint density at radius 2 is 2.17 bits per heavy atom. The van der Waals surface area contributed by atoms with Crippen molar-refractivity contribution in [3.05, 3.63) is 45.5 Å². The molecule has 0 atom stereocenters. The second-order valence-electron chi connectivity index (χ2n) is 7.01. The van der Waals surface area contributed by atoms with E-state index < -0.39 is 11.7 Å². The second kappa shape index (κ2) is 5.25. The van der Waals surface area contributed by atoms with Gasteiger partial charge in [-0.1, -0.05) is 19.0 Å². The molecule has 0 aromatic carbocycles. The molecule has 0 spiro atoms. The lowest BCUT2D eigenvalue weighted by Crippen LogP contribution is -2.33. The first-order chi connectivity index (χ1) is 10.7. The third-order valence-corrected chi connectivity index (χ3v) is 4.24. The molecule has 7 heteroatoms.